The Morgan fingerprint density at radius 2 is 1.86 bits per heavy atom. The predicted molar refractivity (Wildman–Crippen MR) is 81.3 cm³/mol. The number of benzene rings is 1. The van der Waals surface area contributed by atoms with Crippen molar-refractivity contribution in [1.29, 1.82) is 0 Å². The van der Waals surface area contributed by atoms with Crippen molar-refractivity contribution in [3.8, 4) is 0 Å². The van der Waals surface area contributed by atoms with Crippen LogP contribution in [0.4, 0.5) is 8.78 Å². The number of rotatable bonds is 3. The van der Waals surface area contributed by atoms with Crippen molar-refractivity contribution in [3.05, 3.63) is 33.8 Å². The molecular formula is C15H19BrF2N2O. The van der Waals surface area contributed by atoms with Gasteiger partial charge in [-0.05, 0) is 31.5 Å². The van der Waals surface area contributed by atoms with E-state index >= 15 is 0 Å². The number of hydrogen-bond acceptors (Lipinski definition) is 2. The van der Waals surface area contributed by atoms with Gasteiger partial charge in [-0.15, -0.1) is 0 Å². The lowest BCUT2D eigenvalue weighted by Crippen LogP contribution is -2.45. The normalized spacial score (nSPS) is 17.0. The summed E-state index contributed by atoms with van der Waals surface area (Å²) in [6, 6.07) is 2.26. The quantitative estimate of drug-likeness (QED) is 0.825. The van der Waals surface area contributed by atoms with Gasteiger partial charge in [0.15, 0.2) is 0 Å². The molecule has 0 aromatic heterocycles. The minimum Gasteiger partial charge on any atom is -0.338 e. The Morgan fingerprint density at radius 3 is 2.33 bits per heavy atom. The Labute approximate surface area is 132 Å². The molecule has 1 aliphatic rings. The Kier molecular flexibility index (Phi) is 5.32. The van der Waals surface area contributed by atoms with Crippen LogP contribution >= 0.6 is 15.9 Å². The fourth-order valence-electron chi connectivity index (χ4n) is 2.71. The van der Waals surface area contributed by atoms with Crippen molar-refractivity contribution >= 4 is 21.8 Å². The maximum absolute atomic E-state index is 13.9. The zero-order valence-corrected chi connectivity index (χ0v) is 13.8. The molecule has 0 saturated carbocycles. The minimum absolute atomic E-state index is 0.0303. The molecule has 3 nitrogen and oxygen atoms in total. The van der Waals surface area contributed by atoms with Crippen LogP contribution < -0.4 is 0 Å². The van der Waals surface area contributed by atoms with E-state index in [0.29, 0.717) is 0 Å². The number of hydrogen-bond donors (Lipinski definition) is 0. The van der Waals surface area contributed by atoms with E-state index < -0.39 is 23.1 Å². The summed E-state index contributed by atoms with van der Waals surface area (Å²) in [6.45, 7) is 4.90. The third-order valence-electron chi connectivity index (χ3n) is 4.09. The summed E-state index contributed by atoms with van der Waals surface area (Å²) in [4.78, 5) is 16.1. The van der Waals surface area contributed by atoms with E-state index in [0.717, 1.165) is 44.6 Å². The van der Waals surface area contributed by atoms with Gasteiger partial charge >= 0.3 is 0 Å². The Bertz CT molecular complexity index is 507. The Hall–Kier alpha value is -1.01. The van der Waals surface area contributed by atoms with Gasteiger partial charge in [0.1, 0.15) is 17.2 Å². The van der Waals surface area contributed by atoms with Crippen LogP contribution in [-0.4, -0.2) is 48.4 Å². The third-order valence-corrected chi connectivity index (χ3v) is 4.55. The SMILES string of the molecule is CCN1CCC(N(C)C(=O)c2c(F)cc(Br)cc2F)CC1. The molecule has 0 atom stereocenters. The maximum atomic E-state index is 13.9. The van der Waals surface area contributed by atoms with Crippen LogP contribution in [0.1, 0.15) is 30.1 Å². The highest BCUT2D eigenvalue weighted by Gasteiger charge is 2.28. The van der Waals surface area contributed by atoms with E-state index in [1.54, 1.807) is 7.05 Å². The number of carbonyl (C=O) groups excluding carboxylic acids is 1. The van der Waals surface area contributed by atoms with Gasteiger partial charge in [-0.3, -0.25) is 4.79 Å². The first kappa shape index (κ1) is 16.4. The van der Waals surface area contributed by atoms with E-state index in [2.05, 4.69) is 27.8 Å². The highest BCUT2D eigenvalue weighted by molar-refractivity contribution is 9.10. The lowest BCUT2D eigenvalue weighted by molar-refractivity contribution is 0.0637. The van der Waals surface area contributed by atoms with E-state index in [9.17, 15) is 13.6 Å². The third kappa shape index (κ3) is 3.61. The standard InChI is InChI=1S/C15H19BrF2N2O/c1-3-20-6-4-11(5-7-20)19(2)15(21)14-12(17)8-10(16)9-13(14)18/h8-9,11H,3-7H2,1-2H3. The van der Waals surface area contributed by atoms with Crippen LogP contribution in [-0.2, 0) is 0 Å². The van der Waals surface area contributed by atoms with Gasteiger partial charge in [-0.1, -0.05) is 22.9 Å². The number of halogens is 3. The zero-order chi connectivity index (χ0) is 15.6. The summed E-state index contributed by atoms with van der Waals surface area (Å²) in [5.41, 5.74) is -0.473. The van der Waals surface area contributed by atoms with Crippen LogP contribution in [0.3, 0.4) is 0 Å². The highest BCUT2D eigenvalue weighted by atomic mass is 79.9. The second-order valence-corrected chi connectivity index (χ2v) is 6.24. The lowest BCUT2D eigenvalue weighted by Gasteiger charge is -2.36. The van der Waals surface area contributed by atoms with Crippen LogP contribution in [0, 0.1) is 11.6 Å². The number of piperidine rings is 1. The van der Waals surface area contributed by atoms with Gasteiger partial charge in [0.2, 0.25) is 0 Å². The van der Waals surface area contributed by atoms with Gasteiger partial charge in [0, 0.05) is 30.7 Å². The molecule has 1 aromatic rings. The number of nitrogens with zero attached hydrogens (tertiary/aromatic N) is 2. The average Bonchev–Trinajstić information content (AvgIpc) is 2.45. The van der Waals surface area contributed by atoms with E-state index in [1.807, 2.05) is 0 Å². The fraction of sp³-hybridized carbons (Fsp3) is 0.533. The van der Waals surface area contributed by atoms with Crippen LogP contribution in [0.2, 0.25) is 0 Å². The van der Waals surface area contributed by atoms with Gasteiger partial charge < -0.3 is 9.80 Å². The number of likely N-dealkylation sites (tertiary alicyclic amines) is 1. The molecule has 116 valence electrons. The molecule has 1 heterocycles. The maximum Gasteiger partial charge on any atom is 0.259 e. The van der Waals surface area contributed by atoms with Crippen molar-refractivity contribution in [2.24, 2.45) is 0 Å². The molecule has 0 N–H and O–H groups in total. The molecule has 1 fully saturated rings. The molecule has 0 aliphatic carbocycles. The average molecular weight is 361 g/mol. The molecule has 1 amide bonds. The summed E-state index contributed by atoms with van der Waals surface area (Å²) in [5.74, 6) is -2.25. The largest absolute Gasteiger partial charge is 0.338 e. The number of amides is 1. The molecule has 0 bridgehead atoms. The molecule has 0 radical (unpaired) electrons. The fourth-order valence-corrected chi connectivity index (χ4v) is 3.11. The van der Waals surface area contributed by atoms with Gasteiger partial charge in [-0.25, -0.2) is 8.78 Å². The van der Waals surface area contributed by atoms with Crippen LogP contribution in [0.15, 0.2) is 16.6 Å². The zero-order valence-electron chi connectivity index (χ0n) is 12.2. The van der Waals surface area contributed by atoms with Crippen LogP contribution in [0.5, 0.6) is 0 Å². The molecule has 0 unspecified atom stereocenters. The predicted octanol–water partition coefficient (Wildman–Crippen LogP) is 3.28. The summed E-state index contributed by atoms with van der Waals surface area (Å²) >= 11 is 3.01. The first-order valence-electron chi connectivity index (χ1n) is 7.08. The number of carbonyl (C=O) groups is 1. The van der Waals surface area contributed by atoms with Crippen molar-refractivity contribution in [2.75, 3.05) is 26.7 Å². The summed E-state index contributed by atoms with van der Waals surface area (Å²) in [5, 5.41) is 0. The molecule has 1 aromatic carbocycles. The van der Waals surface area contributed by atoms with E-state index in [-0.39, 0.29) is 10.5 Å². The van der Waals surface area contributed by atoms with E-state index in [4.69, 9.17) is 0 Å². The van der Waals surface area contributed by atoms with Gasteiger partial charge in [0.25, 0.3) is 5.91 Å². The minimum atomic E-state index is -0.829. The summed E-state index contributed by atoms with van der Waals surface area (Å²) in [6.07, 6.45) is 1.66. The molecule has 21 heavy (non-hydrogen) atoms. The first-order chi connectivity index (χ1) is 9.93. The molecule has 1 aliphatic heterocycles. The van der Waals surface area contributed by atoms with Crippen molar-refractivity contribution < 1.29 is 13.6 Å². The van der Waals surface area contributed by atoms with Gasteiger partial charge in [0.05, 0.1) is 0 Å². The Balaban J connectivity index is 2.13. The second kappa shape index (κ2) is 6.83. The molecule has 2 rings (SSSR count). The monoisotopic (exact) mass is 360 g/mol. The van der Waals surface area contributed by atoms with E-state index in [1.165, 1.54) is 4.90 Å². The summed E-state index contributed by atoms with van der Waals surface area (Å²) in [7, 11) is 1.62. The smallest absolute Gasteiger partial charge is 0.259 e. The van der Waals surface area contributed by atoms with Crippen molar-refractivity contribution in [2.45, 2.75) is 25.8 Å². The molecule has 1 saturated heterocycles. The molecular weight excluding hydrogens is 342 g/mol. The first-order valence-corrected chi connectivity index (χ1v) is 7.87. The Morgan fingerprint density at radius 1 is 1.33 bits per heavy atom. The molecule has 6 heteroatoms. The van der Waals surface area contributed by atoms with Crippen molar-refractivity contribution in [3.63, 3.8) is 0 Å². The topological polar surface area (TPSA) is 23.6 Å². The summed E-state index contributed by atoms with van der Waals surface area (Å²) < 4.78 is 28.0. The van der Waals surface area contributed by atoms with Gasteiger partial charge in [-0.2, -0.15) is 0 Å². The highest BCUT2D eigenvalue weighted by Crippen LogP contribution is 2.23. The van der Waals surface area contributed by atoms with Crippen molar-refractivity contribution in [1.82, 2.24) is 9.80 Å². The lowest BCUT2D eigenvalue weighted by atomic mass is 10.0. The van der Waals surface area contributed by atoms with Crippen LogP contribution in [0.25, 0.3) is 0 Å². The molecule has 0 spiro atoms. The second-order valence-electron chi connectivity index (χ2n) is 5.33.